The third-order valence-electron chi connectivity index (χ3n) is 4.92. The minimum Gasteiger partial charge on any atom is -0.352 e. The summed E-state index contributed by atoms with van der Waals surface area (Å²) in [7, 11) is -3.75. The average molecular weight is 428 g/mol. The van der Waals surface area contributed by atoms with E-state index in [4.69, 9.17) is 0 Å². The molecule has 0 radical (unpaired) electrons. The highest BCUT2D eigenvalue weighted by atomic mass is 32.2. The molecular weight excluding hydrogens is 407 g/mol. The number of halogens is 1. The van der Waals surface area contributed by atoms with Gasteiger partial charge >= 0.3 is 0 Å². The van der Waals surface area contributed by atoms with Crippen LogP contribution in [-0.2, 0) is 10.0 Å². The second-order valence-corrected chi connectivity index (χ2v) is 8.85. The van der Waals surface area contributed by atoms with E-state index in [2.05, 4.69) is 20.5 Å². The zero-order valence-electron chi connectivity index (χ0n) is 16.4. The number of benzene rings is 1. The third-order valence-corrected chi connectivity index (χ3v) is 6.96. The highest BCUT2D eigenvalue weighted by Crippen LogP contribution is 2.23. The number of rotatable bonds is 5. The van der Waals surface area contributed by atoms with Crippen LogP contribution in [0.5, 0.6) is 0 Å². The molecule has 0 saturated carbocycles. The summed E-state index contributed by atoms with van der Waals surface area (Å²) in [5.41, 5.74) is 1.34. The summed E-state index contributed by atoms with van der Waals surface area (Å²) in [6, 6.07) is 11.2. The molecule has 10 heteroatoms. The molecule has 1 saturated heterocycles. The summed E-state index contributed by atoms with van der Waals surface area (Å²) in [5, 5.41) is 11.5. The van der Waals surface area contributed by atoms with Crippen molar-refractivity contribution in [3.05, 3.63) is 66.2 Å². The van der Waals surface area contributed by atoms with Gasteiger partial charge in [-0.3, -0.25) is 4.98 Å². The van der Waals surface area contributed by atoms with E-state index in [0.717, 1.165) is 11.8 Å². The Kier molecular flexibility index (Phi) is 5.60. The largest absolute Gasteiger partial charge is 0.352 e. The van der Waals surface area contributed by atoms with Crippen molar-refractivity contribution in [2.75, 3.05) is 36.4 Å². The minimum absolute atomic E-state index is 0.0153. The van der Waals surface area contributed by atoms with E-state index in [9.17, 15) is 12.8 Å². The lowest BCUT2D eigenvalue weighted by Gasteiger charge is -2.34. The maximum atomic E-state index is 13.6. The summed E-state index contributed by atoms with van der Waals surface area (Å²) >= 11 is 0. The van der Waals surface area contributed by atoms with Gasteiger partial charge in [-0.2, -0.15) is 4.31 Å². The van der Waals surface area contributed by atoms with Crippen LogP contribution >= 0.6 is 0 Å². The molecule has 0 unspecified atom stereocenters. The Hall–Kier alpha value is -3.11. The van der Waals surface area contributed by atoms with Crippen molar-refractivity contribution in [2.24, 2.45) is 0 Å². The van der Waals surface area contributed by atoms with Crippen molar-refractivity contribution in [1.29, 1.82) is 0 Å². The molecule has 1 fully saturated rings. The fourth-order valence-electron chi connectivity index (χ4n) is 3.29. The number of anilines is 3. The number of sulfonamides is 1. The van der Waals surface area contributed by atoms with Crippen molar-refractivity contribution >= 4 is 27.3 Å². The smallest absolute Gasteiger partial charge is 0.243 e. The van der Waals surface area contributed by atoms with Gasteiger partial charge in [0, 0.05) is 32.4 Å². The Morgan fingerprint density at radius 3 is 2.50 bits per heavy atom. The quantitative estimate of drug-likeness (QED) is 0.668. The van der Waals surface area contributed by atoms with Crippen LogP contribution < -0.4 is 10.2 Å². The van der Waals surface area contributed by atoms with Gasteiger partial charge in [0.05, 0.1) is 16.8 Å². The van der Waals surface area contributed by atoms with Crippen LogP contribution in [0.1, 0.15) is 5.56 Å². The molecule has 2 aromatic heterocycles. The molecule has 3 aromatic rings. The summed E-state index contributed by atoms with van der Waals surface area (Å²) in [5.74, 6) is 0.702. The van der Waals surface area contributed by atoms with E-state index < -0.39 is 15.8 Å². The zero-order valence-corrected chi connectivity index (χ0v) is 17.2. The number of hydrogen-bond acceptors (Lipinski definition) is 7. The van der Waals surface area contributed by atoms with E-state index in [-0.39, 0.29) is 18.0 Å². The number of aromatic nitrogens is 3. The van der Waals surface area contributed by atoms with Crippen LogP contribution in [-0.4, -0.2) is 54.1 Å². The summed E-state index contributed by atoms with van der Waals surface area (Å²) < 4.78 is 40.8. The van der Waals surface area contributed by atoms with Crippen molar-refractivity contribution in [1.82, 2.24) is 19.5 Å². The van der Waals surface area contributed by atoms with Gasteiger partial charge in [-0.15, -0.1) is 10.2 Å². The molecule has 8 nitrogen and oxygen atoms in total. The van der Waals surface area contributed by atoms with Gasteiger partial charge in [-0.05, 0) is 48.9 Å². The van der Waals surface area contributed by atoms with Gasteiger partial charge in [0.2, 0.25) is 10.0 Å². The fraction of sp³-hybridized carbons (Fsp3) is 0.250. The van der Waals surface area contributed by atoms with Crippen molar-refractivity contribution in [2.45, 2.75) is 11.8 Å². The Morgan fingerprint density at radius 1 is 1.03 bits per heavy atom. The van der Waals surface area contributed by atoms with Gasteiger partial charge in [0.15, 0.2) is 11.6 Å². The molecule has 1 aromatic carbocycles. The van der Waals surface area contributed by atoms with Gasteiger partial charge < -0.3 is 10.2 Å². The molecule has 3 heterocycles. The van der Waals surface area contributed by atoms with Gasteiger partial charge in [0.25, 0.3) is 0 Å². The normalized spacial score (nSPS) is 15.2. The van der Waals surface area contributed by atoms with Crippen LogP contribution in [0.25, 0.3) is 0 Å². The molecular formula is C20H21FN6O2S. The van der Waals surface area contributed by atoms with Crippen LogP contribution in [0.4, 0.5) is 21.7 Å². The van der Waals surface area contributed by atoms with Crippen molar-refractivity contribution < 1.29 is 12.8 Å². The second-order valence-electron chi connectivity index (χ2n) is 6.94. The Balaban J connectivity index is 1.41. The Labute approximate surface area is 174 Å². The molecule has 0 atom stereocenters. The average Bonchev–Trinajstić information content (AvgIpc) is 2.77. The molecule has 1 aliphatic rings. The number of piperazine rings is 1. The van der Waals surface area contributed by atoms with Crippen molar-refractivity contribution in [3.63, 3.8) is 0 Å². The lowest BCUT2D eigenvalue weighted by atomic mass is 10.2. The van der Waals surface area contributed by atoms with Crippen LogP contribution in [0.2, 0.25) is 0 Å². The number of hydrogen-bond donors (Lipinski definition) is 1. The number of nitrogens with one attached hydrogen (secondary N) is 1. The molecule has 0 spiro atoms. The zero-order chi connectivity index (χ0) is 21.1. The number of aryl methyl sites for hydroxylation is 1. The van der Waals surface area contributed by atoms with Crippen LogP contribution in [0.3, 0.4) is 0 Å². The molecule has 0 aliphatic carbocycles. The van der Waals surface area contributed by atoms with E-state index in [0.29, 0.717) is 30.3 Å². The number of nitrogens with zero attached hydrogens (tertiary/aromatic N) is 5. The molecule has 4 rings (SSSR count). The molecule has 1 aliphatic heterocycles. The summed E-state index contributed by atoms with van der Waals surface area (Å²) in [6.07, 6.45) is 3.38. The predicted molar refractivity (Wildman–Crippen MR) is 112 cm³/mol. The maximum Gasteiger partial charge on any atom is 0.243 e. The Morgan fingerprint density at radius 2 is 1.83 bits per heavy atom. The van der Waals surface area contributed by atoms with Gasteiger partial charge in [-0.1, -0.05) is 6.07 Å². The minimum atomic E-state index is -3.75. The van der Waals surface area contributed by atoms with E-state index >= 15 is 0 Å². The highest BCUT2D eigenvalue weighted by molar-refractivity contribution is 7.89. The fourth-order valence-corrected chi connectivity index (χ4v) is 4.95. The molecule has 156 valence electrons. The third kappa shape index (κ3) is 4.24. The predicted octanol–water partition coefficient (Wildman–Crippen LogP) is 2.57. The van der Waals surface area contributed by atoms with Crippen molar-refractivity contribution in [3.8, 4) is 0 Å². The van der Waals surface area contributed by atoms with E-state index in [1.807, 2.05) is 29.2 Å². The first-order valence-corrected chi connectivity index (χ1v) is 10.9. The topological polar surface area (TPSA) is 91.3 Å². The first kappa shape index (κ1) is 20.2. The standard InChI is InChI=1S/C20H21FN6O2S/c1-15-4-5-16(21)13-18(15)30(28,29)27-11-9-26(10-12-27)20-7-6-19(24-25-20)23-17-3-2-8-22-14-17/h2-8,13-14H,9-12H2,1H3,(H,23,24). The first-order valence-electron chi connectivity index (χ1n) is 9.45. The SMILES string of the molecule is Cc1ccc(F)cc1S(=O)(=O)N1CCN(c2ccc(Nc3cccnc3)nn2)CC1. The number of pyridine rings is 1. The van der Waals surface area contributed by atoms with E-state index in [1.165, 1.54) is 16.4 Å². The summed E-state index contributed by atoms with van der Waals surface area (Å²) in [4.78, 5) is 6.03. The maximum absolute atomic E-state index is 13.6. The van der Waals surface area contributed by atoms with Gasteiger partial charge in [-0.25, -0.2) is 12.8 Å². The molecule has 30 heavy (non-hydrogen) atoms. The monoisotopic (exact) mass is 428 g/mol. The molecule has 0 amide bonds. The lowest BCUT2D eigenvalue weighted by Crippen LogP contribution is -2.49. The van der Waals surface area contributed by atoms with Crippen LogP contribution in [0, 0.1) is 12.7 Å². The lowest BCUT2D eigenvalue weighted by molar-refractivity contribution is 0.383. The van der Waals surface area contributed by atoms with Crippen LogP contribution in [0.15, 0.2) is 59.8 Å². The second kappa shape index (κ2) is 8.33. The first-order chi connectivity index (χ1) is 14.4. The highest BCUT2D eigenvalue weighted by Gasteiger charge is 2.30. The Bertz CT molecular complexity index is 1120. The van der Waals surface area contributed by atoms with Gasteiger partial charge in [0.1, 0.15) is 5.82 Å². The summed E-state index contributed by atoms with van der Waals surface area (Å²) in [6.45, 7) is 3.18. The molecule has 1 N–H and O–H groups in total. The van der Waals surface area contributed by atoms with E-state index in [1.54, 1.807) is 19.3 Å². The molecule has 0 bridgehead atoms.